The topological polar surface area (TPSA) is 37.3 Å². The van der Waals surface area contributed by atoms with Gasteiger partial charge in [0, 0.05) is 10.6 Å². The summed E-state index contributed by atoms with van der Waals surface area (Å²) in [5.41, 5.74) is -0.951. The van der Waals surface area contributed by atoms with Crippen molar-refractivity contribution in [2.45, 2.75) is 25.2 Å². The van der Waals surface area contributed by atoms with Gasteiger partial charge in [-0.25, -0.2) is 4.39 Å². The van der Waals surface area contributed by atoms with E-state index < -0.39 is 17.2 Å². The molecule has 1 saturated carbocycles. The fourth-order valence-electron chi connectivity index (χ4n) is 2.42. The quantitative estimate of drug-likeness (QED) is 0.884. The van der Waals surface area contributed by atoms with E-state index in [1.54, 1.807) is 0 Å². The second-order valence-electron chi connectivity index (χ2n) is 4.18. The Balaban J connectivity index is 2.55. The third-order valence-electron chi connectivity index (χ3n) is 3.39. The molecule has 86 valence electrons. The summed E-state index contributed by atoms with van der Waals surface area (Å²) in [6, 6.07) is 4.28. The highest BCUT2D eigenvalue weighted by atomic mass is 35.5. The predicted molar refractivity (Wildman–Crippen MR) is 59.1 cm³/mol. The van der Waals surface area contributed by atoms with Gasteiger partial charge in [0.05, 0.1) is 0 Å². The van der Waals surface area contributed by atoms with Gasteiger partial charge in [0.15, 0.2) is 0 Å². The van der Waals surface area contributed by atoms with Crippen LogP contribution in [0.15, 0.2) is 18.2 Å². The van der Waals surface area contributed by atoms with E-state index in [0.717, 1.165) is 6.42 Å². The molecule has 4 heteroatoms. The van der Waals surface area contributed by atoms with Crippen LogP contribution in [0.4, 0.5) is 4.39 Å². The number of carboxylic acids is 1. The highest BCUT2D eigenvalue weighted by molar-refractivity contribution is 6.31. The molecule has 0 aromatic heterocycles. The fraction of sp³-hybridized carbons (Fsp3) is 0.417. The minimum Gasteiger partial charge on any atom is -0.481 e. The highest BCUT2D eigenvalue weighted by Crippen LogP contribution is 2.58. The molecule has 0 aliphatic heterocycles. The largest absolute Gasteiger partial charge is 0.481 e. The maximum Gasteiger partial charge on any atom is 0.314 e. The number of aliphatic carboxylic acids is 1. The number of carbonyl (C=O) groups is 1. The Morgan fingerprint density at radius 2 is 2.38 bits per heavy atom. The van der Waals surface area contributed by atoms with Crippen molar-refractivity contribution in [3.05, 3.63) is 34.6 Å². The Labute approximate surface area is 98.0 Å². The van der Waals surface area contributed by atoms with Gasteiger partial charge >= 0.3 is 5.97 Å². The number of benzene rings is 1. The van der Waals surface area contributed by atoms with Gasteiger partial charge in [0.1, 0.15) is 11.2 Å². The zero-order valence-electron chi connectivity index (χ0n) is 8.84. The SMILES string of the molecule is CCC1CC1(C(=O)O)c1c(F)cccc1Cl. The Kier molecular flexibility index (Phi) is 2.66. The van der Waals surface area contributed by atoms with Crippen LogP contribution in [-0.4, -0.2) is 11.1 Å². The fourth-order valence-corrected chi connectivity index (χ4v) is 2.75. The maximum atomic E-state index is 13.7. The van der Waals surface area contributed by atoms with Gasteiger partial charge in [-0.05, 0) is 24.5 Å². The number of hydrogen-bond acceptors (Lipinski definition) is 1. The molecule has 1 aromatic rings. The minimum absolute atomic E-state index is 0.0144. The van der Waals surface area contributed by atoms with Gasteiger partial charge in [-0.3, -0.25) is 4.79 Å². The second kappa shape index (κ2) is 3.74. The molecule has 0 spiro atoms. The van der Waals surface area contributed by atoms with Crippen LogP contribution in [0.3, 0.4) is 0 Å². The normalized spacial score (nSPS) is 27.8. The number of hydrogen-bond donors (Lipinski definition) is 1. The first kappa shape index (κ1) is 11.4. The smallest absolute Gasteiger partial charge is 0.314 e. The van der Waals surface area contributed by atoms with Gasteiger partial charge in [0.25, 0.3) is 0 Å². The van der Waals surface area contributed by atoms with Crippen LogP contribution in [0.2, 0.25) is 5.02 Å². The molecule has 0 amide bonds. The summed E-state index contributed by atoms with van der Waals surface area (Å²) in [6.07, 6.45) is 1.19. The van der Waals surface area contributed by atoms with Crippen molar-refractivity contribution in [3.8, 4) is 0 Å². The first-order valence-corrected chi connectivity index (χ1v) is 5.59. The molecular formula is C12H12ClFO2. The summed E-state index contributed by atoms with van der Waals surface area (Å²) in [5.74, 6) is -1.52. The summed E-state index contributed by atoms with van der Waals surface area (Å²) >= 11 is 5.92. The molecule has 1 aromatic carbocycles. The molecule has 0 saturated heterocycles. The molecule has 1 fully saturated rings. The van der Waals surface area contributed by atoms with E-state index in [0.29, 0.717) is 6.42 Å². The predicted octanol–water partition coefficient (Wildman–Crippen LogP) is 3.23. The van der Waals surface area contributed by atoms with Gasteiger partial charge in [-0.2, -0.15) is 0 Å². The van der Waals surface area contributed by atoms with Gasteiger partial charge in [-0.15, -0.1) is 0 Å². The van der Waals surface area contributed by atoms with Crippen molar-refractivity contribution in [1.82, 2.24) is 0 Å². The van der Waals surface area contributed by atoms with Crippen LogP contribution in [0.1, 0.15) is 25.3 Å². The Morgan fingerprint density at radius 3 is 2.81 bits per heavy atom. The van der Waals surface area contributed by atoms with Crippen molar-refractivity contribution in [3.63, 3.8) is 0 Å². The van der Waals surface area contributed by atoms with Crippen molar-refractivity contribution < 1.29 is 14.3 Å². The average Bonchev–Trinajstić information content (AvgIpc) is 2.93. The number of halogens is 2. The second-order valence-corrected chi connectivity index (χ2v) is 4.59. The standard InChI is InChI=1S/C12H12ClFO2/c1-2-7-6-12(7,11(15)16)10-8(13)4-3-5-9(10)14/h3-5,7H,2,6H2,1H3,(H,15,16). The lowest BCUT2D eigenvalue weighted by Crippen LogP contribution is -2.24. The molecule has 1 aliphatic carbocycles. The molecule has 1 aliphatic rings. The third kappa shape index (κ3) is 1.42. The average molecular weight is 243 g/mol. The van der Waals surface area contributed by atoms with E-state index in [4.69, 9.17) is 11.6 Å². The zero-order valence-corrected chi connectivity index (χ0v) is 9.59. The summed E-state index contributed by atoms with van der Waals surface area (Å²) < 4.78 is 13.7. The lowest BCUT2D eigenvalue weighted by molar-refractivity contribution is -0.140. The van der Waals surface area contributed by atoms with Crippen LogP contribution >= 0.6 is 11.6 Å². The molecule has 2 nitrogen and oxygen atoms in total. The maximum absolute atomic E-state index is 13.7. The molecule has 0 bridgehead atoms. The lowest BCUT2D eigenvalue weighted by atomic mass is 9.92. The van der Waals surface area contributed by atoms with Crippen molar-refractivity contribution in [2.75, 3.05) is 0 Å². The van der Waals surface area contributed by atoms with E-state index in [9.17, 15) is 14.3 Å². The number of carboxylic acid groups (broad SMARTS) is 1. The van der Waals surface area contributed by atoms with Crippen molar-refractivity contribution >= 4 is 17.6 Å². The molecular weight excluding hydrogens is 231 g/mol. The minimum atomic E-state index is -1.10. The van der Waals surface area contributed by atoms with E-state index in [1.807, 2.05) is 6.92 Å². The van der Waals surface area contributed by atoms with Crippen LogP contribution < -0.4 is 0 Å². The Hall–Kier alpha value is -1.09. The van der Waals surface area contributed by atoms with E-state index in [2.05, 4.69) is 0 Å². The first-order chi connectivity index (χ1) is 7.54. The van der Waals surface area contributed by atoms with Crippen molar-refractivity contribution in [1.29, 1.82) is 0 Å². The molecule has 2 rings (SSSR count). The summed E-state index contributed by atoms with van der Waals surface area (Å²) in [7, 11) is 0. The summed E-state index contributed by atoms with van der Waals surface area (Å²) in [6.45, 7) is 1.91. The molecule has 2 atom stereocenters. The van der Waals surface area contributed by atoms with Crippen LogP contribution in [-0.2, 0) is 10.2 Å². The molecule has 0 radical (unpaired) electrons. The van der Waals surface area contributed by atoms with Crippen LogP contribution in [0, 0.1) is 11.7 Å². The number of rotatable bonds is 3. The summed E-state index contributed by atoms with van der Waals surface area (Å²) in [5, 5.41) is 9.49. The molecule has 1 N–H and O–H groups in total. The van der Waals surface area contributed by atoms with E-state index >= 15 is 0 Å². The van der Waals surface area contributed by atoms with Gasteiger partial charge < -0.3 is 5.11 Å². The molecule has 0 heterocycles. The van der Waals surface area contributed by atoms with Gasteiger partial charge in [0.2, 0.25) is 0 Å². The van der Waals surface area contributed by atoms with Crippen LogP contribution in [0.5, 0.6) is 0 Å². The van der Waals surface area contributed by atoms with E-state index in [1.165, 1.54) is 18.2 Å². The monoisotopic (exact) mass is 242 g/mol. The lowest BCUT2D eigenvalue weighted by Gasteiger charge is -2.15. The first-order valence-electron chi connectivity index (χ1n) is 5.22. The van der Waals surface area contributed by atoms with Crippen molar-refractivity contribution in [2.24, 2.45) is 5.92 Å². The third-order valence-corrected chi connectivity index (χ3v) is 3.70. The summed E-state index contributed by atoms with van der Waals surface area (Å²) in [4.78, 5) is 11.3. The molecule has 2 unspecified atom stereocenters. The zero-order chi connectivity index (χ0) is 11.9. The molecule has 16 heavy (non-hydrogen) atoms. The van der Waals surface area contributed by atoms with Crippen LogP contribution in [0.25, 0.3) is 0 Å². The highest BCUT2D eigenvalue weighted by Gasteiger charge is 2.62. The van der Waals surface area contributed by atoms with Gasteiger partial charge in [-0.1, -0.05) is 31.0 Å². The van der Waals surface area contributed by atoms with E-state index in [-0.39, 0.29) is 16.5 Å². The Morgan fingerprint density at radius 1 is 1.69 bits per heavy atom. The Bertz CT molecular complexity index is 426.